The number of benzene rings is 9. The second kappa shape index (κ2) is 12.5. The summed E-state index contributed by atoms with van der Waals surface area (Å²) in [6.07, 6.45) is 0. The number of nitrogens with zero attached hydrogens (tertiary/aromatic N) is 1. The number of hydrogen-bond donors (Lipinski definition) is 0. The van der Waals surface area contributed by atoms with Gasteiger partial charge in [0.1, 0.15) is 11.2 Å². The molecule has 0 radical (unpaired) electrons. The largest absolute Gasteiger partial charge is 0.456 e. The Morgan fingerprint density at radius 3 is 1.52 bits per heavy atom. The van der Waals surface area contributed by atoms with Crippen LogP contribution in [0.25, 0.3) is 76.9 Å². The van der Waals surface area contributed by atoms with Crippen LogP contribution < -0.4 is 4.90 Å². The van der Waals surface area contributed by atoms with Crippen molar-refractivity contribution in [1.82, 2.24) is 0 Å². The fraction of sp³-hybridized carbons (Fsp3) is 0. The zero-order valence-corrected chi connectivity index (χ0v) is 28.4. The smallest absolute Gasteiger partial charge is 0.135 e. The van der Waals surface area contributed by atoms with Gasteiger partial charge in [-0.15, -0.1) is 0 Å². The van der Waals surface area contributed by atoms with Crippen molar-refractivity contribution in [3.63, 3.8) is 0 Å². The second-order valence-corrected chi connectivity index (χ2v) is 13.4. The molecule has 2 nitrogen and oxygen atoms in total. The lowest BCUT2D eigenvalue weighted by molar-refractivity contribution is 0.669. The molecule has 0 fully saturated rings. The van der Waals surface area contributed by atoms with E-state index in [9.17, 15) is 0 Å². The maximum Gasteiger partial charge on any atom is 0.135 e. The summed E-state index contributed by atoms with van der Waals surface area (Å²) in [6, 6.07) is 71.9. The van der Waals surface area contributed by atoms with Crippen LogP contribution in [0.2, 0.25) is 0 Å². The molecule has 0 bridgehead atoms. The minimum Gasteiger partial charge on any atom is -0.456 e. The van der Waals surface area contributed by atoms with Gasteiger partial charge in [0.2, 0.25) is 0 Å². The van der Waals surface area contributed by atoms with Crippen LogP contribution in [0.4, 0.5) is 17.1 Å². The third kappa shape index (κ3) is 5.39. The highest BCUT2D eigenvalue weighted by Gasteiger charge is 2.16. The van der Waals surface area contributed by atoms with Gasteiger partial charge in [-0.1, -0.05) is 140 Å². The molecule has 0 saturated heterocycles. The highest BCUT2D eigenvalue weighted by atomic mass is 16.3. The van der Waals surface area contributed by atoms with Gasteiger partial charge >= 0.3 is 0 Å². The van der Waals surface area contributed by atoms with Gasteiger partial charge in [-0.3, -0.25) is 0 Å². The van der Waals surface area contributed by atoms with E-state index in [-0.39, 0.29) is 0 Å². The van der Waals surface area contributed by atoms with E-state index in [1.807, 2.05) is 12.1 Å². The Labute approximate surface area is 302 Å². The molecule has 1 aromatic heterocycles. The summed E-state index contributed by atoms with van der Waals surface area (Å²) in [7, 11) is 0. The number of anilines is 3. The Hall–Kier alpha value is -6.90. The van der Waals surface area contributed by atoms with Crippen LogP contribution in [-0.2, 0) is 0 Å². The molecule has 0 amide bonds. The molecule has 10 rings (SSSR count). The molecule has 2 heteroatoms. The third-order valence-corrected chi connectivity index (χ3v) is 10.2. The molecule has 0 aliphatic rings. The van der Waals surface area contributed by atoms with Crippen molar-refractivity contribution in [3.8, 4) is 33.4 Å². The number of fused-ring (bicyclic) bond motifs is 5. The topological polar surface area (TPSA) is 16.4 Å². The van der Waals surface area contributed by atoms with Crippen LogP contribution in [0.3, 0.4) is 0 Å². The molecule has 52 heavy (non-hydrogen) atoms. The maximum absolute atomic E-state index is 6.21. The first kappa shape index (κ1) is 30.0. The molecule has 9 aromatic carbocycles. The monoisotopic (exact) mass is 663 g/mol. The lowest BCUT2D eigenvalue weighted by Crippen LogP contribution is -2.09. The van der Waals surface area contributed by atoms with E-state index in [0.717, 1.165) is 39.0 Å². The second-order valence-electron chi connectivity index (χ2n) is 13.4. The van der Waals surface area contributed by atoms with Crippen LogP contribution in [0.15, 0.2) is 205 Å². The first-order valence-electron chi connectivity index (χ1n) is 17.7. The Kier molecular flexibility index (Phi) is 7.18. The fourth-order valence-electron chi connectivity index (χ4n) is 7.51. The van der Waals surface area contributed by atoms with Crippen LogP contribution in [-0.4, -0.2) is 0 Å². The first-order valence-corrected chi connectivity index (χ1v) is 17.7. The molecular formula is C50H33NO. The average molecular weight is 664 g/mol. The molecule has 10 aromatic rings. The lowest BCUT2D eigenvalue weighted by atomic mass is 9.97. The standard InChI is InChI=1S/C50H33NO/c1-2-8-34(9-3-1)36-22-25-44(26-23-36)51(46-28-29-50-48(33-46)47-12-6-7-13-49(47)52-50)45-27-24-39-19-21-42(31-43(39)32-45)38-16-14-37(15-17-38)41-20-18-35-10-4-5-11-40(35)30-41/h1-33H. The van der Waals surface area contributed by atoms with Crippen molar-refractivity contribution in [3.05, 3.63) is 200 Å². The van der Waals surface area contributed by atoms with Gasteiger partial charge in [-0.2, -0.15) is 0 Å². The van der Waals surface area contributed by atoms with Crippen molar-refractivity contribution in [2.75, 3.05) is 4.90 Å². The zero-order valence-electron chi connectivity index (χ0n) is 28.4. The molecule has 244 valence electrons. The van der Waals surface area contributed by atoms with Crippen LogP contribution in [0, 0.1) is 0 Å². The van der Waals surface area contributed by atoms with Gasteiger partial charge in [0, 0.05) is 27.8 Å². The number of furan rings is 1. The van der Waals surface area contributed by atoms with Gasteiger partial charge in [-0.25, -0.2) is 0 Å². The van der Waals surface area contributed by atoms with Gasteiger partial charge in [-0.05, 0) is 116 Å². The predicted octanol–water partition coefficient (Wildman–Crippen LogP) is 14.4. The van der Waals surface area contributed by atoms with E-state index in [1.54, 1.807) is 0 Å². The van der Waals surface area contributed by atoms with E-state index in [0.29, 0.717) is 0 Å². The summed E-state index contributed by atoms with van der Waals surface area (Å²) in [5.41, 5.74) is 12.3. The molecule has 0 atom stereocenters. The molecule has 0 N–H and O–H groups in total. The van der Waals surface area contributed by atoms with Crippen molar-refractivity contribution in [1.29, 1.82) is 0 Å². The zero-order chi connectivity index (χ0) is 34.4. The Morgan fingerprint density at radius 1 is 0.269 bits per heavy atom. The van der Waals surface area contributed by atoms with Gasteiger partial charge in [0.05, 0.1) is 0 Å². The molecular weight excluding hydrogens is 631 g/mol. The molecule has 0 spiro atoms. The van der Waals surface area contributed by atoms with Crippen molar-refractivity contribution in [2.45, 2.75) is 0 Å². The van der Waals surface area contributed by atoms with E-state index in [1.165, 1.54) is 54.9 Å². The highest BCUT2D eigenvalue weighted by Crippen LogP contribution is 2.40. The van der Waals surface area contributed by atoms with Crippen LogP contribution >= 0.6 is 0 Å². The quantitative estimate of drug-likeness (QED) is 0.176. The maximum atomic E-state index is 6.21. The fourth-order valence-corrected chi connectivity index (χ4v) is 7.51. The summed E-state index contributed by atoms with van der Waals surface area (Å²) >= 11 is 0. The number of para-hydroxylation sites is 1. The molecule has 0 aliphatic carbocycles. The van der Waals surface area contributed by atoms with E-state index in [2.05, 4.69) is 193 Å². The molecule has 0 aliphatic heterocycles. The molecule has 0 unspecified atom stereocenters. The first-order chi connectivity index (χ1) is 25.7. The Balaban J connectivity index is 1.05. The molecule has 0 saturated carbocycles. The molecule has 1 heterocycles. The van der Waals surface area contributed by atoms with Crippen molar-refractivity contribution < 1.29 is 4.42 Å². The number of rotatable bonds is 6. The SMILES string of the molecule is c1ccc(-c2ccc(N(c3ccc4ccc(-c5ccc(-c6ccc7ccccc7c6)cc5)cc4c3)c3ccc4oc5ccccc5c4c3)cc2)cc1. The average Bonchev–Trinajstić information content (AvgIpc) is 3.59. The van der Waals surface area contributed by atoms with Gasteiger partial charge in [0.25, 0.3) is 0 Å². The van der Waals surface area contributed by atoms with Crippen LogP contribution in [0.5, 0.6) is 0 Å². The van der Waals surface area contributed by atoms with Crippen molar-refractivity contribution in [2.24, 2.45) is 0 Å². The predicted molar refractivity (Wildman–Crippen MR) is 220 cm³/mol. The number of hydrogen-bond acceptors (Lipinski definition) is 2. The van der Waals surface area contributed by atoms with Gasteiger partial charge < -0.3 is 9.32 Å². The highest BCUT2D eigenvalue weighted by molar-refractivity contribution is 6.06. The van der Waals surface area contributed by atoms with Crippen LogP contribution in [0.1, 0.15) is 0 Å². The van der Waals surface area contributed by atoms with E-state index >= 15 is 0 Å². The van der Waals surface area contributed by atoms with E-state index in [4.69, 9.17) is 4.42 Å². The normalized spacial score (nSPS) is 11.5. The summed E-state index contributed by atoms with van der Waals surface area (Å²) in [6.45, 7) is 0. The minimum absolute atomic E-state index is 0.888. The Morgan fingerprint density at radius 2 is 0.750 bits per heavy atom. The van der Waals surface area contributed by atoms with Crippen molar-refractivity contribution >= 4 is 60.5 Å². The van der Waals surface area contributed by atoms with Gasteiger partial charge in [0.15, 0.2) is 0 Å². The minimum atomic E-state index is 0.888. The van der Waals surface area contributed by atoms with E-state index < -0.39 is 0 Å². The summed E-state index contributed by atoms with van der Waals surface area (Å²) in [5.74, 6) is 0. The summed E-state index contributed by atoms with van der Waals surface area (Å²) in [4.78, 5) is 2.35. The summed E-state index contributed by atoms with van der Waals surface area (Å²) in [5, 5.41) is 7.14. The summed E-state index contributed by atoms with van der Waals surface area (Å²) < 4.78 is 6.21. The third-order valence-electron chi connectivity index (χ3n) is 10.2. The Bertz CT molecular complexity index is 2890. The lowest BCUT2D eigenvalue weighted by Gasteiger charge is -2.26.